The molecule has 0 unspecified atom stereocenters. The Balaban J connectivity index is 1.34. The van der Waals surface area contributed by atoms with E-state index >= 15 is 0 Å². The molecule has 0 radical (unpaired) electrons. The van der Waals surface area contributed by atoms with Crippen molar-refractivity contribution in [3.8, 4) is 10.7 Å². The Morgan fingerprint density at radius 2 is 2.12 bits per heavy atom. The molecule has 10 heteroatoms. The number of hydrogen-bond donors (Lipinski definition) is 2. The smallest absolute Gasteiger partial charge is 0.355 e. The predicted octanol–water partition coefficient (Wildman–Crippen LogP) is 2.63. The molecule has 136 valence electrons. The molecule has 0 saturated heterocycles. The van der Waals surface area contributed by atoms with Gasteiger partial charge in [0.2, 0.25) is 17.6 Å². The van der Waals surface area contributed by atoms with Crippen molar-refractivity contribution < 1.29 is 19.2 Å². The number of carbonyl (C=O) groups excluding carboxylic acids is 1. The highest BCUT2D eigenvalue weighted by molar-refractivity contribution is 7.13. The highest BCUT2D eigenvalue weighted by Crippen LogP contribution is 2.21. The number of amides is 1. The molecule has 3 rings (SSSR count). The standard InChI is InChI=1S/C16H16N4O4S2/c21-12(17-7-6-14-18-10(9-26-14)16(22)23)4-1-5-13-19-15(20-24-13)11-3-2-8-25-11/h2-3,8-9H,1,4-7H2,(H,17,21)(H,22,23). The molecule has 8 nitrogen and oxygen atoms in total. The van der Waals surface area contributed by atoms with Crippen molar-refractivity contribution in [3.05, 3.63) is 39.5 Å². The SMILES string of the molecule is O=C(CCCc1nc(-c2cccs2)no1)NCCc1nc(C(=O)O)cs1. The van der Waals surface area contributed by atoms with Gasteiger partial charge < -0.3 is 14.9 Å². The third kappa shape index (κ3) is 4.96. The number of nitrogens with zero attached hydrogens (tertiary/aromatic N) is 3. The number of hydrogen-bond acceptors (Lipinski definition) is 8. The summed E-state index contributed by atoms with van der Waals surface area (Å²) < 4.78 is 5.19. The van der Waals surface area contributed by atoms with Crippen LogP contribution in [-0.2, 0) is 17.6 Å². The van der Waals surface area contributed by atoms with Crippen LogP contribution in [0.15, 0.2) is 27.4 Å². The van der Waals surface area contributed by atoms with E-state index in [0.29, 0.717) is 49.0 Å². The molecular formula is C16H16N4O4S2. The molecular weight excluding hydrogens is 376 g/mol. The van der Waals surface area contributed by atoms with Gasteiger partial charge in [0.15, 0.2) is 5.69 Å². The Labute approximate surface area is 156 Å². The highest BCUT2D eigenvalue weighted by atomic mass is 32.1. The maximum Gasteiger partial charge on any atom is 0.355 e. The molecule has 0 aliphatic carbocycles. The van der Waals surface area contributed by atoms with Crippen molar-refractivity contribution in [3.63, 3.8) is 0 Å². The number of carboxylic acids is 1. The van der Waals surface area contributed by atoms with E-state index in [-0.39, 0.29) is 11.6 Å². The van der Waals surface area contributed by atoms with E-state index < -0.39 is 5.97 Å². The van der Waals surface area contributed by atoms with E-state index in [0.717, 1.165) is 4.88 Å². The van der Waals surface area contributed by atoms with Crippen LogP contribution in [0.4, 0.5) is 0 Å². The fourth-order valence-electron chi connectivity index (χ4n) is 2.18. The van der Waals surface area contributed by atoms with Crippen LogP contribution >= 0.6 is 22.7 Å². The van der Waals surface area contributed by atoms with Crippen LogP contribution < -0.4 is 5.32 Å². The second-order valence-electron chi connectivity index (χ2n) is 5.37. The summed E-state index contributed by atoms with van der Waals surface area (Å²) in [7, 11) is 0. The summed E-state index contributed by atoms with van der Waals surface area (Å²) >= 11 is 2.82. The molecule has 0 aliphatic heterocycles. The second kappa shape index (κ2) is 8.68. The zero-order valence-corrected chi connectivity index (χ0v) is 15.3. The lowest BCUT2D eigenvalue weighted by molar-refractivity contribution is -0.121. The van der Waals surface area contributed by atoms with E-state index in [4.69, 9.17) is 9.63 Å². The monoisotopic (exact) mass is 392 g/mol. The van der Waals surface area contributed by atoms with E-state index in [1.807, 2.05) is 17.5 Å². The van der Waals surface area contributed by atoms with Crippen molar-refractivity contribution in [1.29, 1.82) is 0 Å². The average molecular weight is 392 g/mol. The first-order chi connectivity index (χ1) is 12.6. The molecule has 0 aliphatic rings. The molecule has 0 saturated carbocycles. The van der Waals surface area contributed by atoms with Gasteiger partial charge in [-0.15, -0.1) is 22.7 Å². The summed E-state index contributed by atoms with van der Waals surface area (Å²) in [6.07, 6.45) is 2.02. The minimum Gasteiger partial charge on any atom is -0.476 e. The maximum atomic E-state index is 11.8. The molecule has 1 amide bonds. The Morgan fingerprint density at radius 1 is 1.23 bits per heavy atom. The van der Waals surface area contributed by atoms with Gasteiger partial charge in [0.05, 0.1) is 9.88 Å². The number of nitrogens with one attached hydrogen (secondary N) is 1. The van der Waals surface area contributed by atoms with Crippen LogP contribution in [0.25, 0.3) is 10.7 Å². The first-order valence-corrected chi connectivity index (χ1v) is 9.68. The molecule has 0 spiro atoms. The Morgan fingerprint density at radius 3 is 2.85 bits per heavy atom. The summed E-state index contributed by atoms with van der Waals surface area (Å²) in [5.74, 6) is -0.0216. The Hall–Kier alpha value is -2.59. The average Bonchev–Trinajstić information content (AvgIpc) is 3.36. The van der Waals surface area contributed by atoms with Crippen molar-refractivity contribution in [2.45, 2.75) is 25.7 Å². The number of carboxylic acid groups (broad SMARTS) is 1. The number of thiazole rings is 1. The van der Waals surface area contributed by atoms with E-state index in [1.165, 1.54) is 16.7 Å². The van der Waals surface area contributed by atoms with Gasteiger partial charge >= 0.3 is 5.97 Å². The number of thiophene rings is 1. The Kier molecular flexibility index (Phi) is 6.08. The normalized spacial score (nSPS) is 10.8. The van der Waals surface area contributed by atoms with Gasteiger partial charge in [-0.25, -0.2) is 9.78 Å². The molecule has 26 heavy (non-hydrogen) atoms. The topological polar surface area (TPSA) is 118 Å². The minimum absolute atomic E-state index is 0.0396. The largest absolute Gasteiger partial charge is 0.476 e. The lowest BCUT2D eigenvalue weighted by Gasteiger charge is -2.02. The molecule has 0 atom stereocenters. The van der Waals surface area contributed by atoms with Crippen LogP contribution in [0.2, 0.25) is 0 Å². The van der Waals surface area contributed by atoms with Gasteiger partial charge in [-0.1, -0.05) is 11.2 Å². The molecule has 0 bridgehead atoms. The third-order valence-electron chi connectivity index (χ3n) is 3.44. The summed E-state index contributed by atoms with van der Waals surface area (Å²) in [5.41, 5.74) is 0.0396. The molecule has 3 aromatic rings. The van der Waals surface area contributed by atoms with Gasteiger partial charge in [0, 0.05) is 31.2 Å². The van der Waals surface area contributed by atoms with Crippen molar-refractivity contribution >= 4 is 34.6 Å². The fourth-order valence-corrected chi connectivity index (χ4v) is 3.60. The minimum atomic E-state index is -1.04. The first-order valence-electron chi connectivity index (χ1n) is 7.92. The number of aromatic carboxylic acids is 1. The molecule has 3 heterocycles. The zero-order chi connectivity index (χ0) is 18.4. The van der Waals surface area contributed by atoms with E-state index in [9.17, 15) is 9.59 Å². The molecule has 3 aromatic heterocycles. The molecule has 0 fully saturated rings. The van der Waals surface area contributed by atoms with E-state index in [1.54, 1.807) is 11.3 Å². The van der Waals surface area contributed by atoms with Crippen LogP contribution in [-0.4, -0.2) is 38.7 Å². The molecule has 0 aromatic carbocycles. The Bertz CT molecular complexity index is 873. The summed E-state index contributed by atoms with van der Waals surface area (Å²) in [4.78, 5) is 31.8. The van der Waals surface area contributed by atoms with Gasteiger partial charge in [0.1, 0.15) is 0 Å². The number of rotatable bonds is 9. The molecule has 2 N–H and O–H groups in total. The van der Waals surface area contributed by atoms with Gasteiger partial charge in [0.25, 0.3) is 0 Å². The lowest BCUT2D eigenvalue weighted by atomic mass is 10.2. The van der Waals surface area contributed by atoms with Crippen molar-refractivity contribution in [2.75, 3.05) is 6.54 Å². The van der Waals surface area contributed by atoms with Crippen molar-refractivity contribution in [2.24, 2.45) is 0 Å². The zero-order valence-electron chi connectivity index (χ0n) is 13.7. The predicted molar refractivity (Wildman–Crippen MR) is 96.3 cm³/mol. The van der Waals surface area contributed by atoms with Crippen LogP contribution in [0.5, 0.6) is 0 Å². The van der Waals surface area contributed by atoms with Gasteiger partial charge in [-0.05, 0) is 17.9 Å². The third-order valence-corrected chi connectivity index (χ3v) is 5.21. The summed E-state index contributed by atoms with van der Waals surface area (Å²) in [5, 5.41) is 19.7. The number of aromatic nitrogens is 3. The quantitative estimate of drug-likeness (QED) is 0.574. The van der Waals surface area contributed by atoms with Crippen LogP contribution in [0.1, 0.15) is 34.2 Å². The number of carbonyl (C=O) groups is 2. The van der Waals surface area contributed by atoms with Gasteiger partial charge in [-0.3, -0.25) is 4.79 Å². The highest BCUT2D eigenvalue weighted by Gasteiger charge is 2.11. The summed E-state index contributed by atoms with van der Waals surface area (Å²) in [6.45, 7) is 0.425. The first kappa shape index (κ1) is 18.2. The second-order valence-corrected chi connectivity index (χ2v) is 7.26. The van der Waals surface area contributed by atoms with Crippen LogP contribution in [0, 0.1) is 0 Å². The van der Waals surface area contributed by atoms with Gasteiger partial charge in [-0.2, -0.15) is 4.98 Å². The summed E-state index contributed by atoms with van der Waals surface area (Å²) in [6, 6.07) is 3.85. The van der Waals surface area contributed by atoms with Crippen LogP contribution in [0.3, 0.4) is 0 Å². The fraction of sp³-hybridized carbons (Fsp3) is 0.312. The maximum absolute atomic E-state index is 11.8. The van der Waals surface area contributed by atoms with Crippen molar-refractivity contribution in [1.82, 2.24) is 20.4 Å². The van der Waals surface area contributed by atoms with E-state index in [2.05, 4.69) is 20.4 Å². The lowest BCUT2D eigenvalue weighted by Crippen LogP contribution is -2.25. The number of aryl methyl sites for hydroxylation is 1.